The van der Waals surface area contributed by atoms with E-state index in [2.05, 4.69) is 5.32 Å². The Morgan fingerprint density at radius 1 is 1.33 bits per heavy atom. The Balaban J connectivity index is 2.41. The first kappa shape index (κ1) is 14.5. The van der Waals surface area contributed by atoms with E-state index in [4.69, 9.17) is 4.74 Å². The van der Waals surface area contributed by atoms with E-state index in [0.29, 0.717) is 5.75 Å². The van der Waals surface area contributed by atoms with Crippen LogP contribution in [0.2, 0.25) is 0 Å². The van der Waals surface area contributed by atoms with Gasteiger partial charge in [-0.05, 0) is 38.0 Å². The minimum atomic E-state index is -0.493. The molecule has 1 aromatic carbocycles. The monoisotopic (exact) mass is 251 g/mol. The number of amides is 1. The molecule has 100 valence electrons. The molecule has 2 unspecified atom stereocenters. The van der Waals surface area contributed by atoms with Crippen LogP contribution in [-0.2, 0) is 4.79 Å². The highest BCUT2D eigenvalue weighted by Crippen LogP contribution is 2.17. The van der Waals surface area contributed by atoms with Crippen LogP contribution in [0, 0.1) is 0 Å². The molecule has 0 heterocycles. The third kappa shape index (κ3) is 4.75. The molecule has 4 heteroatoms. The number of carbonyl (C=O) groups excluding carboxylic acids is 1. The zero-order valence-electron chi connectivity index (χ0n) is 11.1. The Bertz CT molecular complexity index is 373. The molecule has 0 saturated carbocycles. The lowest BCUT2D eigenvalue weighted by atomic mass is 10.1. The zero-order valence-corrected chi connectivity index (χ0v) is 11.1. The number of carbonyl (C=O) groups is 1. The first-order chi connectivity index (χ1) is 8.52. The maximum atomic E-state index is 11.5. The predicted octanol–water partition coefficient (Wildman–Crippen LogP) is 2.03. The Labute approximate surface area is 108 Å². The molecule has 0 bridgehead atoms. The summed E-state index contributed by atoms with van der Waals surface area (Å²) in [5, 5.41) is 12.2. The highest BCUT2D eigenvalue weighted by atomic mass is 16.5. The second-order valence-corrected chi connectivity index (χ2v) is 4.41. The van der Waals surface area contributed by atoms with Crippen LogP contribution < -0.4 is 10.1 Å². The molecule has 0 aliphatic heterocycles. The minimum absolute atomic E-state index is 0.0123. The molecule has 1 amide bonds. The molecule has 4 nitrogen and oxygen atoms in total. The summed E-state index contributed by atoms with van der Waals surface area (Å²) in [7, 11) is 0. The first-order valence-corrected chi connectivity index (χ1v) is 6.23. The molecule has 0 aliphatic rings. The van der Waals surface area contributed by atoms with Gasteiger partial charge in [-0.1, -0.05) is 19.1 Å². The van der Waals surface area contributed by atoms with Crippen molar-refractivity contribution in [2.45, 2.75) is 39.3 Å². The van der Waals surface area contributed by atoms with Crippen molar-refractivity contribution in [2.24, 2.45) is 0 Å². The number of benzene rings is 1. The summed E-state index contributed by atoms with van der Waals surface area (Å²) in [6.45, 7) is 5.68. The van der Waals surface area contributed by atoms with E-state index < -0.39 is 6.10 Å². The minimum Gasteiger partial charge on any atom is -0.484 e. The van der Waals surface area contributed by atoms with Crippen LogP contribution >= 0.6 is 0 Å². The van der Waals surface area contributed by atoms with Gasteiger partial charge in [0, 0.05) is 6.04 Å². The molecule has 0 saturated heterocycles. The van der Waals surface area contributed by atoms with Gasteiger partial charge in [-0.2, -0.15) is 0 Å². The zero-order chi connectivity index (χ0) is 13.5. The van der Waals surface area contributed by atoms with Crippen LogP contribution in [-0.4, -0.2) is 23.7 Å². The molecular formula is C14H21NO3. The molecule has 0 fully saturated rings. The molecule has 0 aromatic heterocycles. The van der Waals surface area contributed by atoms with Crippen molar-refractivity contribution < 1.29 is 14.6 Å². The Morgan fingerprint density at radius 3 is 2.44 bits per heavy atom. The van der Waals surface area contributed by atoms with Crippen LogP contribution in [0.15, 0.2) is 24.3 Å². The lowest BCUT2D eigenvalue weighted by Crippen LogP contribution is -2.35. The average molecular weight is 251 g/mol. The smallest absolute Gasteiger partial charge is 0.258 e. The number of ether oxygens (including phenoxy) is 1. The van der Waals surface area contributed by atoms with Crippen LogP contribution in [0.5, 0.6) is 5.75 Å². The van der Waals surface area contributed by atoms with E-state index in [9.17, 15) is 9.90 Å². The third-order valence-electron chi connectivity index (χ3n) is 2.75. The summed E-state index contributed by atoms with van der Waals surface area (Å²) in [5.74, 6) is 0.502. The molecule has 2 N–H and O–H groups in total. The van der Waals surface area contributed by atoms with Gasteiger partial charge in [-0.15, -0.1) is 0 Å². The predicted molar refractivity (Wildman–Crippen MR) is 70.5 cm³/mol. The highest BCUT2D eigenvalue weighted by molar-refractivity contribution is 5.77. The summed E-state index contributed by atoms with van der Waals surface area (Å²) in [6, 6.07) is 7.23. The molecule has 0 radical (unpaired) electrons. The van der Waals surface area contributed by atoms with Crippen LogP contribution in [0.25, 0.3) is 0 Å². The number of hydrogen-bond acceptors (Lipinski definition) is 3. The quantitative estimate of drug-likeness (QED) is 0.813. The molecule has 1 rings (SSSR count). The molecule has 2 atom stereocenters. The number of aliphatic hydroxyl groups is 1. The third-order valence-corrected chi connectivity index (χ3v) is 2.75. The summed E-state index contributed by atoms with van der Waals surface area (Å²) >= 11 is 0. The summed E-state index contributed by atoms with van der Waals surface area (Å²) in [5.41, 5.74) is 0.825. The van der Waals surface area contributed by atoms with Crippen molar-refractivity contribution in [3.63, 3.8) is 0 Å². The Kier molecular flexibility index (Phi) is 5.65. The second kappa shape index (κ2) is 7.01. The molecule has 1 aromatic rings. The van der Waals surface area contributed by atoms with E-state index in [1.807, 2.05) is 13.8 Å². The SMILES string of the molecule is CCC(C)NC(=O)COc1ccc(C(C)O)cc1. The largest absolute Gasteiger partial charge is 0.484 e. The number of aliphatic hydroxyl groups excluding tert-OH is 1. The summed E-state index contributed by atoms with van der Waals surface area (Å²) < 4.78 is 5.35. The van der Waals surface area contributed by atoms with Gasteiger partial charge in [-0.3, -0.25) is 4.79 Å². The van der Waals surface area contributed by atoms with Crippen molar-refractivity contribution >= 4 is 5.91 Å². The van der Waals surface area contributed by atoms with Gasteiger partial charge in [0.25, 0.3) is 5.91 Å². The molecule has 18 heavy (non-hydrogen) atoms. The van der Waals surface area contributed by atoms with Crippen molar-refractivity contribution in [1.29, 1.82) is 0 Å². The van der Waals surface area contributed by atoms with Crippen molar-refractivity contribution in [3.8, 4) is 5.75 Å². The maximum Gasteiger partial charge on any atom is 0.258 e. The summed E-state index contributed by atoms with van der Waals surface area (Å²) in [6.07, 6.45) is 0.405. The molecule has 0 spiro atoms. The van der Waals surface area contributed by atoms with Gasteiger partial charge in [0.05, 0.1) is 6.10 Å². The van der Waals surface area contributed by atoms with Gasteiger partial charge in [-0.25, -0.2) is 0 Å². The van der Waals surface area contributed by atoms with Gasteiger partial charge in [0.2, 0.25) is 0 Å². The van der Waals surface area contributed by atoms with Crippen molar-refractivity contribution in [2.75, 3.05) is 6.61 Å². The molecule has 0 aliphatic carbocycles. The maximum absolute atomic E-state index is 11.5. The van der Waals surface area contributed by atoms with Gasteiger partial charge in [0.15, 0.2) is 6.61 Å². The van der Waals surface area contributed by atoms with Gasteiger partial charge >= 0.3 is 0 Å². The summed E-state index contributed by atoms with van der Waals surface area (Å²) in [4.78, 5) is 11.5. The van der Waals surface area contributed by atoms with Gasteiger partial charge < -0.3 is 15.2 Å². The fourth-order valence-electron chi connectivity index (χ4n) is 1.41. The van der Waals surface area contributed by atoms with Crippen molar-refractivity contribution in [3.05, 3.63) is 29.8 Å². The number of nitrogens with one attached hydrogen (secondary N) is 1. The van der Waals surface area contributed by atoms with E-state index in [1.165, 1.54) is 0 Å². The van der Waals surface area contributed by atoms with Crippen LogP contribution in [0.1, 0.15) is 38.9 Å². The second-order valence-electron chi connectivity index (χ2n) is 4.41. The number of hydrogen-bond donors (Lipinski definition) is 2. The van der Waals surface area contributed by atoms with Crippen LogP contribution in [0.4, 0.5) is 0 Å². The van der Waals surface area contributed by atoms with E-state index in [0.717, 1.165) is 12.0 Å². The number of rotatable bonds is 6. The lowest BCUT2D eigenvalue weighted by Gasteiger charge is -2.12. The highest BCUT2D eigenvalue weighted by Gasteiger charge is 2.06. The Hall–Kier alpha value is -1.55. The lowest BCUT2D eigenvalue weighted by molar-refractivity contribution is -0.123. The van der Waals surface area contributed by atoms with Crippen LogP contribution in [0.3, 0.4) is 0 Å². The first-order valence-electron chi connectivity index (χ1n) is 6.23. The molecular weight excluding hydrogens is 230 g/mol. The fourth-order valence-corrected chi connectivity index (χ4v) is 1.41. The van der Waals surface area contributed by atoms with E-state index >= 15 is 0 Å². The fraction of sp³-hybridized carbons (Fsp3) is 0.500. The average Bonchev–Trinajstić information content (AvgIpc) is 2.36. The van der Waals surface area contributed by atoms with Crippen molar-refractivity contribution in [1.82, 2.24) is 5.32 Å². The van der Waals surface area contributed by atoms with E-state index in [1.54, 1.807) is 31.2 Å². The van der Waals surface area contributed by atoms with E-state index in [-0.39, 0.29) is 18.6 Å². The normalized spacial score (nSPS) is 13.8. The standard InChI is InChI=1S/C14H21NO3/c1-4-10(2)15-14(17)9-18-13-7-5-12(6-8-13)11(3)16/h5-8,10-11,16H,4,9H2,1-3H3,(H,15,17). The van der Waals surface area contributed by atoms with Gasteiger partial charge in [0.1, 0.15) is 5.75 Å². The topological polar surface area (TPSA) is 58.6 Å². The Morgan fingerprint density at radius 2 is 1.94 bits per heavy atom.